The molecule has 0 spiro atoms. The van der Waals surface area contributed by atoms with E-state index in [2.05, 4.69) is 4.74 Å². The van der Waals surface area contributed by atoms with Gasteiger partial charge in [-0.05, 0) is 24.6 Å². The highest BCUT2D eigenvalue weighted by Crippen LogP contribution is 2.34. The molecule has 0 saturated carbocycles. The van der Waals surface area contributed by atoms with E-state index >= 15 is 0 Å². The van der Waals surface area contributed by atoms with E-state index in [-0.39, 0.29) is 40.5 Å². The van der Waals surface area contributed by atoms with Crippen molar-refractivity contribution in [3.05, 3.63) is 59.7 Å². The Labute approximate surface area is 177 Å². The van der Waals surface area contributed by atoms with Gasteiger partial charge in [-0.25, -0.2) is 8.42 Å². The van der Waals surface area contributed by atoms with Crippen LogP contribution in [-0.2, 0) is 16.4 Å². The lowest BCUT2D eigenvalue weighted by Gasteiger charge is -2.21. The summed E-state index contributed by atoms with van der Waals surface area (Å²) in [6.45, 7) is -0.0815. The number of sulfone groups is 1. The molecule has 3 rings (SSSR count). The SMILES string of the molecule is CN(Cc1ccccc1OC(F)(F)F)C(=O)c1ccccc1S[C@@H]1CCS(=O)(=O)C1. The van der Waals surface area contributed by atoms with Crippen molar-refractivity contribution in [2.24, 2.45) is 0 Å². The number of amides is 1. The van der Waals surface area contributed by atoms with Crippen molar-refractivity contribution in [3.8, 4) is 5.75 Å². The number of nitrogens with zero attached hydrogens (tertiary/aromatic N) is 1. The molecular formula is C20H20F3NO4S2. The largest absolute Gasteiger partial charge is 0.573 e. The highest BCUT2D eigenvalue weighted by molar-refractivity contribution is 8.02. The van der Waals surface area contributed by atoms with Crippen LogP contribution in [-0.4, -0.2) is 49.4 Å². The summed E-state index contributed by atoms with van der Waals surface area (Å²) in [5.41, 5.74) is 0.598. The third-order valence-corrected chi connectivity index (χ3v) is 7.88. The Bertz CT molecular complexity index is 1020. The summed E-state index contributed by atoms with van der Waals surface area (Å²) >= 11 is 1.34. The third kappa shape index (κ3) is 5.91. The van der Waals surface area contributed by atoms with Crippen molar-refractivity contribution >= 4 is 27.5 Å². The Morgan fingerprint density at radius 3 is 2.50 bits per heavy atom. The monoisotopic (exact) mass is 459 g/mol. The zero-order valence-electron chi connectivity index (χ0n) is 16.1. The van der Waals surface area contributed by atoms with E-state index in [1.54, 1.807) is 30.3 Å². The minimum atomic E-state index is -4.83. The van der Waals surface area contributed by atoms with Gasteiger partial charge in [-0.1, -0.05) is 30.3 Å². The molecule has 0 aliphatic carbocycles. The molecule has 1 atom stereocenters. The number of halogens is 3. The van der Waals surface area contributed by atoms with Gasteiger partial charge in [0.15, 0.2) is 9.84 Å². The van der Waals surface area contributed by atoms with E-state index in [0.29, 0.717) is 16.9 Å². The highest BCUT2D eigenvalue weighted by atomic mass is 32.2. The topological polar surface area (TPSA) is 63.7 Å². The van der Waals surface area contributed by atoms with E-state index in [1.807, 2.05) is 0 Å². The Morgan fingerprint density at radius 1 is 1.17 bits per heavy atom. The van der Waals surface area contributed by atoms with Crippen molar-refractivity contribution in [1.29, 1.82) is 0 Å². The number of thioether (sulfide) groups is 1. The molecule has 5 nitrogen and oxygen atoms in total. The van der Waals surface area contributed by atoms with Gasteiger partial charge in [0.05, 0.1) is 17.1 Å². The fourth-order valence-corrected chi connectivity index (χ4v) is 6.79. The second-order valence-electron chi connectivity index (χ2n) is 6.96. The molecule has 2 aromatic carbocycles. The van der Waals surface area contributed by atoms with Gasteiger partial charge in [-0.15, -0.1) is 24.9 Å². The molecule has 0 unspecified atom stereocenters. The fraction of sp³-hybridized carbons (Fsp3) is 0.350. The summed E-state index contributed by atoms with van der Waals surface area (Å²) < 4.78 is 65.4. The number of alkyl halides is 3. The molecule has 1 aliphatic rings. The van der Waals surface area contributed by atoms with E-state index in [1.165, 1.54) is 41.9 Å². The molecule has 0 bridgehead atoms. The summed E-state index contributed by atoms with van der Waals surface area (Å²) in [6, 6.07) is 12.5. The highest BCUT2D eigenvalue weighted by Gasteiger charge is 2.32. The van der Waals surface area contributed by atoms with Crippen LogP contribution in [0.4, 0.5) is 13.2 Å². The van der Waals surface area contributed by atoms with Crippen molar-refractivity contribution in [3.63, 3.8) is 0 Å². The molecule has 0 radical (unpaired) electrons. The maximum Gasteiger partial charge on any atom is 0.573 e. The van der Waals surface area contributed by atoms with Crippen LogP contribution in [0.1, 0.15) is 22.3 Å². The van der Waals surface area contributed by atoms with Crippen molar-refractivity contribution in [2.45, 2.75) is 29.5 Å². The van der Waals surface area contributed by atoms with Gasteiger partial charge in [-0.2, -0.15) is 0 Å². The van der Waals surface area contributed by atoms with E-state index in [0.717, 1.165) is 0 Å². The Hall–Kier alpha value is -2.20. The summed E-state index contributed by atoms with van der Waals surface area (Å²) in [7, 11) is -1.55. The predicted molar refractivity (Wildman–Crippen MR) is 108 cm³/mol. The first kappa shape index (κ1) is 22.5. The molecule has 1 amide bonds. The molecule has 1 fully saturated rings. The first-order valence-electron chi connectivity index (χ1n) is 9.09. The number of rotatable bonds is 6. The molecule has 1 saturated heterocycles. The summed E-state index contributed by atoms with van der Waals surface area (Å²) in [6.07, 6.45) is -4.31. The van der Waals surface area contributed by atoms with Crippen LogP contribution in [0, 0.1) is 0 Å². The molecule has 10 heteroatoms. The minimum Gasteiger partial charge on any atom is -0.405 e. The van der Waals surface area contributed by atoms with E-state index in [4.69, 9.17) is 0 Å². The smallest absolute Gasteiger partial charge is 0.405 e. The van der Waals surface area contributed by atoms with Gasteiger partial charge < -0.3 is 9.64 Å². The van der Waals surface area contributed by atoms with Crippen LogP contribution in [0.5, 0.6) is 5.75 Å². The van der Waals surface area contributed by atoms with Crippen LogP contribution in [0.2, 0.25) is 0 Å². The summed E-state index contributed by atoms with van der Waals surface area (Å²) in [4.78, 5) is 15.0. The molecule has 0 N–H and O–H groups in total. The lowest BCUT2D eigenvalue weighted by Crippen LogP contribution is -2.27. The van der Waals surface area contributed by atoms with Gasteiger partial charge in [0.2, 0.25) is 0 Å². The molecular weight excluding hydrogens is 439 g/mol. The van der Waals surface area contributed by atoms with Gasteiger partial charge in [0.25, 0.3) is 5.91 Å². The second kappa shape index (κ2) is 8.89. The Balaban J connectivity index is 1.76. The molecule has 0 aromatic heterocycles. The first-order chi connectivity index (χ1) is 14.0. The third-order valence-electron chi connectivity index (χ3n) is 4.55. The number of ether oxygens (including phenoxy) is 1. The quantitative estimate of drug-likeness (QED) is 0.650. The van der Waals surface area contributed by atoms with Gasteiger partial charge in [0.1, 0.15) is 5.75 Å². The number of carbonyl (C=O) groups excluding carboxylic acids is 1. The predicted octanol–water partition coefficient (Wildman–Crippen LogP) is 4.14. The molecule has 30 heavy (non-hydrogen) atoms. The van der Waals surface area contributed by atoms with Gasteiger partial charge in [0, 0.05) is 29.3 Å². The van der Waals surface area contributed by atoms with Crippen molar-refractivity contribution in [1.82, 2.24) is 4.90 Å². The zero-order valence-corrected chi connectivity index (χ0v) is 17.7. The summed E-state index contributed by atoms with van der Waals surface area (Å²) in [5, 5.41) is -0.129. The van der Waals surface area contributed by atoms with E-state index < -0.39 is 16.2 Å². The number of carbonyl (C=O) groups is 1. The molecule has 2 aromatic rings. The van der Waals surface area contributed by atoms with Crippen LogP contribution >= 0.6 is 11.8 Å². The number of hydrogen-bond acceptors (Lipinski definition) is 5. The molecule has 1 aliphatic heterocycles. The van der Waals surface area contributed by atoms with Crippen LogP contribution in [0.3, 0.4) is 0 Å². The minimum absolute atomic E-state index is 0.0676. The average Bonchev–Trinajstić information content (AvgIpc) is 3.00. The van der Waals surface area contributed by atoms with Gasteiger partial charge >= 0.3 is 6.36 Å². The van der Waals surface area contributed by atoms with Crippen molar-refractivity contribution in [2.75, 3.05) is 18.6 Å². The number of benzene rings is 2. The lowest BCUT2D eigenvalue weighted by atomic mass is 10.1. The maximum atomic E-state index is 13.0. The standard InChI is InChI=1S/C20H20F3NO4S2/c1-24(12-14-6-2-4-8-17(14)28-20(21,22)23)19(25)16-7-3-5-9-18(16)29-15-10-11-30(26,27)13-15/h2-9,15H,10-13H2,1H3/t15-/m1/s1. The van der Waals surface area contributed by atoms with Crippen molar-refractivity contribution < 1.29 is 31.1 Å². The Kier molecular flexibility index (Phi) is 6.66. The maximum absolute atomic E-state index is 13.0. The molecule has 162 valence electrons. The van der Waals surface area contributed by atoms with Crippen LogP contribution < -0.4 is 4.74 Å². The lowest BCUT2D eigenvalue weighted by molar-refractivity contribution is -0.275. The fourth-order valence-electron chi connectivity index (χ4n) is 3.17. The van der Waals surface area contributed by atoms with Crippen LogP contribution in [0.15, 0.2) is 53.4 Å². The number of hydrogen-bond donors (Lipinski definition) is 0. The normalized spacial score (nSPS) is 18.2. The molecule has 1 heterocycles. The number of para-hydroxylation sites is 1. The second-order valence-corrected chi connectivity index (χ2v) is 10.5. The first-order valence-corrected chi connectivity index (χ1v) is 11.8. The summed E-state index contributed by atoms with van der Waals surface area (Å²) in [5.74, 6) is -0.529. The average molecular weight is 460 g/mol. The zero-order chi connectivity index (χ0) is 21.9. The Morgan fingerprint density at radius 2 is 1.83 bits per heavy atom. The van der Waals surface area contributed by atoms with Crippen LogP contribution in [0.25, 0.3) is 0 Å². The van der Waals surface area contributed by atoms with E-state index in [9.17, 15) is 26.4 Å². The van der Waals surface area contributed by atoms with Gasteiger partial charge in [-0.3, -0.25) is 4.79 Å².